The second kappa shape index (κ2) is 5.20. The van der Waals surface area contributed by atoms with Crippen LogP contribution in [0.4, 0.5) is 4.79 Å². The van der Waals surface area contributed by atoms with Gasteiger partial charge in [0.1, 0.15) is 6.10 Å². The predicted molar refractivity (Wildman–Crippen MR) is 55.0 cm³/mol. The number of hydrogen-bond donors (Lipinski definition) is 1. The number of rotatable bonds is 3. The van der Waals surface area contributed by atoms with Crippen molar-refractivity contribution in [2.45, 2.75) is 32.8 Å². The Morgan fingerprint density at radius 2 is 2.43 bits per heavy atom. The van der Waals surface area contributed by atoms with E-state index < -0.39 is 0 Å². The maximum Gasteiger partial charge on any atom is 0.410 e. The summed E-state index contributed by atoms with van der Waals surface area (Å²) in [6.07, 6.45) is 1.70. The van der Waals surface area contributed by atoms with Crippen LogP contribution < -0.4 is 5.73 Å². The molecule has 4 heteroatoms. The van der Waals surface area contributed by atoms with Crippen LogP contribution in [0.25, 0.3) is 0 Å². The van der Waals surface area contributed by atoms with Crippen LogP contribution in [0.5, 0.6) is 0 Å². The number of likely N-dealkylation sites (tertiary alicyclic amines) is 1. The first-order valence-corrected chi connectivity index (χ1v) is 5.33. The minimum atomic E-state index is -0.185. The van der Waals surface area contributed by atoms with E-state index in [9.17, 15) is 4.79 Å². The normalized spacial score (nSPS) is 23.6. The summed E-state index contributed by atoms with van der Waals surface area (Å²) >= 11 is 0. The molecule has 1 amide bonds. The van der Waals surface area contributed by atoms with Gasteiger partial charge in [-0.05, 0) is 32.2 Å². The summed E-state index contributed by atoms with van der Waals surface area (Å²) < 4.78 is 5.22. The van der Waals surface area contributed by atoms with E-state index in [0.717, 1.165) is 25.9 Å². The van der Waals surface area contributed by atoms with Crippen LogP contribution in [0.1, 0.15) is 26.7 Å². The van der Waals surface area contributed by atoms with Gasteiger partial charge in [0.05, 0.1) is 0 Å². The zero-order valence-corrected chi connectivity index (χ0v) is 9.03. The Morgan fingerprint density at radius 1 is 1.71 bits per heavy atom. The molecule has 0 saturated carbocycles. The van der Waals surface area contributed by atoms with Gasteiger partial charge in [0.15, 0.2) is 0 Å². The molecule has 1 fully saturated rings. The van der Waals surface area contributed by atoms with E-state index in [1.165, 1.54) is 0 Å². The Bertz CT molecular complexity index is 197. The van der Waals surface area contributed by atoms with Gasteiger partial charge in [0, 0.05) is 13.1 Å². The summed E-state index contributed by atoms with van der Waals surface area (Å²) in [6.45, 7) is 6.12. The van der Waals surface area contributed by atoms with Crippen LogP contribution in [-0.4, -0.2) is 36.7 Å². The van der Waals surface area contributed by atoms with E-state index in [1.807, 2.05) is 13.8 Å². The summed E-state index contributed by atoms with van der Waals surface area (Å²) in [5.41, 5.74) is 5.54. The molecule has 1 aliphatic heterocycles. The third kappa shape index (κ3) is 2.87. The number of carbonyl (C=O) groups excluding carboxylic acids is 1. The molecule has 2 unspecified atom stereocenters. The van der Waals surface area contributed by atoms with Crippen molar-refractivity contribution in [3.63, 3.8) is 0 Å². The number of hydrogen-bond acceptors (Lipinski definition) is 3. The highest BCUT2D eigenvalue weighted by Gasteiger charge is 2.26. The molecule has 2 atom stereocenters. The average molecular weight is 200 g/mol. The highest BCUT2D eigenvalue weighted by molar-refractivity contribution is 5.68. The van der Waals surface area contributed by atoms with Crippen LogP contribution >= 0.6 is 0 Å². The van der Waals surface area contributed by atoms with Crippen molar-refractivity contribution in [3.05, 3.63) is 0 Å². The van der Waals surface area contributed by atoms with E-state index in [4.69, 9.17) is 10.5 Å². The van der Waals surface area contributed by atoms with Gasteiger partial charge in [0.2, 0.25) is 0 Å². The predicted octanol–water partition coefficient (Wildman–Crippen LogP) is 1.20. The van der Waals surface area contributed by atoms with Crippen LogP contribution in [-0.2, 0) is 4.74 Å². The Kier molecular flexibility index (Phi) is 4.20. The molecule has 1 heterocycles. The molecule has 14 heavy (non-hydrogen) atoms. The fourth-order valence-electron chi connectivity index (χ4n) is 1.52. The molecule has 0 bridgehead atoms. The van der Waals surface area contributed by atoms with Gasteiger partial charge in [0.25, 0.3) is 0 Å². The fourth-order valence-corrected chi connectivity index (χ4v) is 1.52. The van der Waals surface area contributed by atoms with Crippen molar-refractivity contribution in [1.82, 2.24) is 4.90 Å². The Labute approximate surface area is 85.4 Å². The summed E-state index contributed by atoms with van der Waals surface area (Å²) in [4.78, 5) is 13.3. The lowest BCUT2D eigenvalue weighted by atomic mass is 10.1. The van der Waals surface area contributed by atoms with Crippen molar-refractivity contribution in [1.29, 1.82) is 0 Å². The first kappa shape index (κ1) is 11.3. The second-order valence-corrected chi connectivity index (χ2v) is 3.94. The van der Waals surface area contributed by atoms with E-state index in [2.05, 4.69) is 0 Å². The summed E-state index contributed by atoms with van der Waals surface area (Å²) in [5.74, 6) is 0.458. The largest absolute Gasteiger partial charge is 0.446 e. The van der Waals surface area contributed by atoms with Crippen molar-refractivity contribution < 1.29 is 9.53 Å². The smallest absolute Gasteiger partial charge is 0.410 e. The third-order valence-corrected chi connectivity index (χ3v) is 2.75. The van der Waals surface area contributed by atoms with E-state index in [0.29, 0.717) is 12.5 Å². The maximum absolute atomic E-state index is 11.5. The molecule has 2 N–H and O–H groups in total. The van der Waals surface area contributed by atoms with Gasteiger partial charge >= 0.3 is 6.09 Å². The molecule has 82 valence electrons. The number of carbonyl (C=O) groups is 1. The van der Waals surface area contributed by atoms with Crippen LogP contribution in [0.3, 0.4) is 0 Å². The molecule has 1 saturated heterocycles. The molecule has 0 aliphatic carbocycles. The minimum absolute atomic E-state index is 0.0134. The maximum atomic E-state index is 11.5. The number of nitrogens with two attached hydrogens (primary N) is 1. The fraction of sp³-hybridized carbons (Fsp3) is 0.900. The molecule has 0 aromatic carbocycles. The average Bonchev–Trinajstić information content (AvgIpc) is 2.65. The van der Waals surface area contributed by atoms with Crippen LogP contribution in [0, 0.1) is 5.92 Å². The van der Waals surface area contributed by atoms with Crippen molar-refractivity contribution in [2.75, 3.05) is 19.6 Å². The van der Waals surface area contributed by atoms with E-state index in [1.54, 1.807) is 4.90 Å². The monoisotopic (exact) mass is 200 g/mol. The number of amides is 1. The van der Waals surface area contributed by atoms with Crippen molar-refractivity contribution in [3.8, 4) is 0 Å². The van der Waals surface area contributed by atoms with Crippen LogP contribution in [0.2, 0.25) is 0 Å². The topological polar surface area (TPSA) is 55.6 Å². The molecule has 0 radical (unpaired) electrons. The van der Waals surface area contributed by atoms with Gasteiger partial charge in [-0.1, -0.05) is 6.92 Å². The summed E-state index contributed by atoms with van der Waals surface area (Å²) in [7, 11) is 0. The zero-order chi connectivity index (χ0) is 10.6. The van der Waals surface area contributed by atoms with Gasteiger partial charge in [-0.3, -0.25) is 0 Å². The molecule has 0 aromatic heterocycles. The Hall–Kier alpha value is -0.770. The summed E-state index contributed by atoms with van der Waals surface area (Å²) in [5, 5.41) is 0. The first-order valence-electron chi connectivity index (χ1n) is 5.33. The van der Waals surface area contributed by atoms with E-state index >= 15 is 0 Å². The van der Waals surface area contributed by atoms with Gasteiger partial charge in [-0.25, -0.2) is 4.79 Å². The first-order chi connectivity index (χ1) is 6.67. The summed E-state index contributed by atoms with van der Waals surface area (Å²) in [6, 6.07) is 0. The standard InChI is InChI=1S/C10H20N2O2/c1-3-8(2)14-10(13)12-5-4-9(6-11)7-12/h8-9H,3-7,11H2,1-2H3. The highest BCUT2D eigenvalue weighted by atomic mass is 16.6. The minimum Gasteiger partial charge on any atom is -0.446 e. The molecule has 1 rings (SSSR count). The lowest BCUT2D eigenvalue weighted by Crippen LogP contribution is -2.32. The van der Waals surface area contributed by atoms with Crippen molar-refractivity contribution >= 4 is 6.09 Å². The van der Waals surface area contributed by atoms with Crippen molar-refractivity contribution in [2.24, 2.45) is 11.7 Å². The lowest BCUT2D eigenvalue weighted by Gasteiger charge is -2.19. The quantitative estimate of drug-likeness (QED) is 0.744. The molecular weight excluding hydrogens is 180 g/mol. The Balaban J connectivity index is 2.32. The SMILES string of the molecule is CCC(C)OC(=O)N1CCC(CN)C1. The molecule has 4 nitrogen and oxygen atoms in total. The lowest BCUT2D eigenvalue weighted by molar-refractivity contribution is 0.0739. The molecular formula is C10H20N2O2. The van der Waals surface area contributed by atoms with Gasteiger partial charge < -0.3 is 15.4 Å². The molecule has 0 spiro atoms. The Morgan fingerprint density at radius 3 is 2.93 bits per heavy atom. The number of ether oxygens (including phenoxy) is 1. The zero-order valence-electron chi connectivity index (χ0n) is 9.03. The van der Waals surface area contributed by atoms with Crippen LogP contribution in [0.15, 0.2) is 0 Å². The number of nitrogens with zero attached hydrogens (tertiary/aromatic N) is 1. The van der Waals surface area contributed by atoms with Gasteiger partial charge in [-0.2, -0.15) is 0 Å². The van der Waals surface area contributed by atoms with Gasteiger partial charge in [-0.15, -0.1) is 0 Å². The van der Waals surface area contributed by atoms with E-state index in [-0.39, 0.29) is 12.2 Å². The second-order valence-electron chi connectivity index (χ2n) is 3.94. The molecule has 1 aliphatic rings. The highest BCUT2D eigenvalue weighted by Crippen LogP contribution is 2.16. The third-order valence-electron chi connectivity index (χ3n) is 2.75. The molecule has 0 aromatic rings.